The fourth-order valence-electron chi connectivity index (χ4n) is 0.0745. The SMILES string of the molecule is COC(O)CS.[H-].[Na+]. The van der Waals surface area contributed by atoms with Crippen molar-refractivity contribution in [2.45, 2.75) is 6.29 Å². The third-order valence-corrected chi connectivity index (χ3v) is 0.741. The fraction of sp³-hybridized carbons (Fsp3) is 1.00. The summed E-state index contributed by atoms with van der Waals surface area (Å²) in [7, 11) is 1.43. The molecule has 0 fully saturated rings. The first-order valence-electron chi connectivity index (χ1n) is 1.63. The number of hydrogen-bond donors (Lipinski definition) is 2. The van der Waals surface area contributed by atoms with E-state index in [2.05, 4.69) is 17.4 Å². The molecule has 0 aliphatic carbocycles. The Hall–Kier alpha value is 1.27. The van der Waals surface area contributed by atoms with Gasteiger partial charge in [0.15, 0.2) is 6.29 Å². The van der Waals surface area contributed by atoms with Gasteiger partial charge in [0.2, 0.25) is 0 Å². The van der Waals surface area contributed by atoms with Gasteiger partial charge < -0.3 is 11.3 Å². The molecule has 0 saturated carbocycles. The maximum atomic E-state index is 8.37. The Morgan fingerprint density at radius 3 is 2.43 bits per heavy atom. The van der Waals surface area contributed by atoms with Gasteiger partial charge in [-0.2, -0.15) is 12.6 Å². The Morgan fingerprint density at radius 2 is 2.43 bits per heavy atom. The first-order valence-corrected chi connectivity index (χ1v) is 2.26. The third-order valence-electron chi connectivity index (χ3n) is 0.428. The molecule has 0 rings (SSSR count). The molecule has 4 heteroatoms. The van der Waals surface area contributed by atoms with Gasteiger partial charge in [0.1, 0.15) is 0 Å². The molecule has 0 heterocycles. The topological polar surface area (TPSA) is 29.5 Å². The van der Waals surface area contributed by atoms with Gasteiger partial charge in [0, 0.05) is 12.9 Å². The number of rotatable bonds is 2. The number of aliphatic hydroxyl groups excluding tert-OH is 1. The van der Waals surface area contributed by atoms with Crippen LogP contribution < -0.4 is 29.6 Å². The van der Waals surface area contributed by atoms with Crippen molar-refractivity contribution in [2.24, 2.45) is 0 Å². The Labute approximate surface area is 72.4 Å². The van der Waals surface area contributed by atoms with Crippen molar-refractivity contribution in [1.82, 2.24) is 0 Å². The number of aliphatic hydroxyl groups is 1. The zero-order valence-corrected chi connectivity index (χ0v) is 7.48. The van der Waals surface area contributed by atoms with Crippen LogP contribution in [-0.4, -0.2) is 24.3 Å². The summed E-state index contributed by atoms with van der Waals surface area (Å²) in [5, 5.41) is 8.37. The molecule has 0 aliphatic rings. The fourth-order valence-corrected chi connectivity index (χ4v) is 0.224. The van der Waals surface area contributed by atoms with E-state index in [-0.39, 0.29) is 31.0 Å². The van der Waals surface area contributed by atoms with E-state index < -0.39 is 6.29 Å². The molecule has 2 nitrogen and oxygen atoms in total. The molecule has 0 amide bonds. The summed E-state index contributed by atoms with van der Waals surface area (Å²) in [6.45, 7) is 0. The third kappa shape index (κ3) is 7.27. The average Bonchev–Trinajstić information content (AvgIpc) is 1.65. The van der Waals surface area contributed by atoms with Crippen LogP contribution in [0.2, 0.25) is 0 Å². The van der Waals surface area contributed by atoms with E-state index in [9.17, 15) is 0 Å². The molecule has 0 bridgehead atoms. The van der Waals surface area contributed by atoms with Gasteiger partial charge in [0.25, 0.3) is 0 Å². The van der Waals surface area contributed by atoms with Crippen molar-refractivity contribution < 1.29 is 40.8 Å². The minimum atomic E-state index is -0.701. The molecule has 0 aromatic carbocycles. The van der Waals surface area contributed by atoms with Gasteiger partial charge in [-0.25, -0.2) is 0 Å². The molecule has 0 aliphatic heterocycles. The molecule has 7 heavy (non-hydrogen) atoms. The van der Waals surface area contributed by atoms with E-state index in [0.717, 1.165) is 0 Å². The van der Waals surface area contributed by atoms with E-state index in [1.165, 1.54) is 7.11 Å². The van der Waals surface area contributed by atoms with Crippen LogP contribution in [0.5, 0.6) is 0 Å². The Morgan fingerprint density at radius 1 is 2.00 bits per heavy atom. The van der Waals surface area contributed by atoms with Crippen LogP contribution in [0.1, 0.15) is 1.43 Å². The first kappa shape index (κ1) is 11.1. The van der Waals surface area contributed by atoms with E-state index in [4.69, 9.17) is 5.11 Å². The van der Waals surface area contributed by atoms with Crippen LogP contribution in [0.4, 0.5) is 0 Å². The first-order chi connectivity index (χ1) is 2.81. The number of hydrogen-bond acceptors (Lipinski definition) is 3. The molecule has 0 radical (unpaired) electrons. The molecular formula is C3H9NaO2S. The molecule has 40 valence electrons. The van der Waals surface area contributed by atoms with Crippen molar-refractivity contribution in [3.05, 3.63) is 0 Å². The van der Waals surface area contributed by atoms with Crippen molar-refractivity contribution >= 4 is 12.6 Å². The van der Waals surface area contributed by atoms with Crippen LogP contribution in [0.3, 0.4) is 0 Å². The number of thiol groups is 1. The minimum absolute atomic E-state index is 0. The van der Waals surface area contributed by atoms with Gasteiger partial charge in [-0.3, -0.25) is 0 Å². The van der Waals surface area contributed by atoms with Crippen LogP contribution >= 0.6 is 12.6 Å². The maximum absolute atomic E-state index is 8.37. The summed E-state index contributed by atoms with van der Waals surface area (Å²) >= 11 is 3.72. The van der Waals surface area contributed by atoms with Crippen LogP contribution in [0, 0.1) is 0 Å². The smallest absolute Gasteiger partial charge is 1.00 e. The molecule has 0 saturated heterocycles. The summed E-state index contributed by atoms with van der Waals surface area (Å²) in [4.78, 5) is 0. The second kappa shape index (κ2) is 7.27. The standard InChI is InChI=1S/C3H8O2S.Na.H/c1-5-3(4)2-6;;/h3-4,6H,2H2,1H3;;/q;+1;-1. The number of methoxy groups -OCH3 is 1. The van der Waals surface area contributed by atoms with Gasteiger partial charge in [-0.05, 0) is 0 Å². The summed E-state index contributed by atoms with van der Waals surface area (Å²) < 4.78 is 4.38. The quantitative estimate of drug-likeness (QED) is 0.238. The van der Waals surface area contributed by atoms with Crippen molar-refractivity contribution in [3.63, 3.8) is 0 Å². The number of ether oxygens (including phenoxy) is 1. The normalized spacial score (nSPS) is 12.4. The second-order valence-electron chi connectivity index (χ2n) is 0.873. The summed E-state index contributed by atoms with van der Waals surface area (Å²) in [6.07, 6.45) is -0.701. The zero-order chi connectivity index (χ0) is 4.99. The van der Waals surface area contributed by atoms with Gasteiger partial charge in [-0.15, -0.1) is 0 Å². The van der Waals surface area contributed by atoms with Crippen molar-refractivity contribution in [3.8, 4) is 0 Å². The van der Waals surface area contributed by atoms with Gasteiger partial charge in [0.05, 0.1) is 0 Å². The molecule has 0 spiro atoms. The van der Waals surface area contributed by atoms with Crippen LogP contribution in [0.15, 0.2) is 0 Å². The van der Waals surface area contributed by atoms with E-state index in [0.29, 0.717) is 5.75 Å². The van der Waals surface area contributed by atoms with E-state index in [1.807, 2.05) is 0 Å². The second-order valence-corrected chi connectivity index (χ2v) is 1.24. The zero-order valence-electron chi connectivity index (χ0n) is 5.59. The molecule has 1 N–H and O–H groups in total. The summed E-state index contributed by atoms with van der Waals surface area (Å²) in [5.41, 5.74) is 0. The Bertz CT molecular complexity index is 36.5. The van der Waals surface area contributed by atoms with Crippen LogP contribution in [0.25, 0.3) is 0 Å². The minimum Gasteiger partial charge on any atom is -1.00 e. The van der Waals surface area contributed by atoms with E-state index >= 15 is 0 Å². The van der Waals surface area contributed by atoms with Crippen molar-refractivity contribution in [2.75, 3.05) is 12.9 Å². The Balaban J connectivity index is -0.000000125. The Kier molecular flexibility index (Phi) is 11.5. The maximum Gasteiger partial charge on any atom is 1.00 e. The summed E-state index contributed by atoms with van der Waals surface area (Å²) in [6, 6.07) is 0. The molecular weight excluding hydrogens is 123 g/mol. The predicted molar refractivity (Wildman–Crippen MR) is 28.0 cm³/mol. The monoisotopic (exact) mass is 132 g/mol. The molecule has 1 unspecified atom stereocenters. The summed E-state index contributed by atoms with van der Waals surface area (Å²) in [5.74, 6) is 0.358. The van der Waals surface area contributed by atoms with Gasteiger partial charge in [-0.1, -0.05) is 0 Å². The van der Waals surface area contributed by atoms with Crippen LogP contribution in [-0.2, 0) is 4.74 Å². The van der Waals surface area contributed by atoms with E-state index in [1.54, 1.807) is 0 Å². The van der Waals surface area contributed by atoms with Crippen molar-refractivity contribution in [1.29, 1.82) is 0 Å². The molecule has 0 aromatic heterocycles. The average molecular weight is 132 g/mol. The largest absolute Gasteiger partial charge is 1.00 e. The van der Waals surface area contributed by atoms with Gasteiger partial charge >= 0.3 is 29.6 Å². The predicted octanol–water partition coefficient (Wildman–Crippen LogP) is -3.00. The molecule has 0 aromatic rings. The molecule has 1 atom stereocenters.